The molecular formula is C14H17IN4O2. The molecule has 0 radical (unpaired) electrons. The molecule has 0 amide bonds. The number of nitrogens with zero attached hydrogens (tertiary/aromatic N) is 2. The number of nitrogen functional groups attached to an aromatic ring is 2. The normalized spacial score (nSPS) is 12.2. The molecule has 0 aliphatic carbocycles. The lowest BCUT2D eigenvalue weighted by Gasteiger charge is -2.17. The maximum Gasteiger partial charge on any atom is 0.222 e. The third-order valence-corrected chi connectivity index (χ3v) is 4.28. The zero-order valence-electron chi connectivity index (χ0n) is 11.8. The number of anilines is 2. The zero-order chi connectivity index (χ0) is 15.6. The van der Waals surface area contributed by atoms with E-state index in [2.05, 4.69) is 32.6 Å². The second-order valence-electron chi connectivity index (χ2n) is 4.80. The minimum atomic E-state index is -0.0494. The summed E-state index contributed by atoms with van der Waals surface area (Å²) in [5, 5.41) is 9.41. The van der Waals surface area contributed by atoms with Gasteiger partial charge in [0.25, 0.3) is 0 Å². The van der Waals surface area contributed by atoms with Crippen molar-refractivity contribution in [2.75, 3.05) is 18.1 Å². The molecule has 0 saturated heterocycles. The molecule has 0 spiro atoms. The molecule has 1 aromatic carbocycles. The van der Waals surface area contributed by atoms with Crippen LogP contribution in [0.1, 0.15) is 24.0 Å². The molecule has 5 N–H and O–H groups in total. The summed E-state index contributed by atoms with van der Waals surface area (Å²) in [6.45, 7) is 3.97. The predicted octanol–water partition coefficient (Wildman–Crippen LogP) is 2.44. The van der Waals surface area contributed by atoms with Gasteiger partial charge in [0.1, 0.15) is 5.75 Å². The molecule has 112 valence electrons. The van der Waals surface area contributed by atoms with Crippen molar-refractivity contribution < 1.29 is 9.84 Å². The van der Waals surface area contributed by atoms with E-state index in [0.717, 1.165) is 14.7 Å². The number of rotatable bonds is 4. The van der Waals surface area contributed by atoms with E-state index in [1.165, 1.54) is 6.20 Å². The van der Waals surface area contributed by atoms with E-state index >= 15 is 0 Å². The number of benzene rings is 1. The minimum Gasteiger partial charge on any atom is -0.452 e. The molecule has 1 unspecified atom stereocenters. The first-order chi connectivity index (χ1) is 9.92. The average molecular weight is 400 g/mol. The van der Waals surface area contributed by atoms with Crippen LogP contribution in [0.15, 0.2) is 18.3 Å². The number of aryl methyl sites for hydroxylation is 1. The quantitative estimate of drug-likeness (QED) is 0.681. The van der Waals surface area contributed by atoms with Crippen LogP contribution in [-0.2, 0) is 0 Å². The van der Waals surface area contributed by atoms with Crippen molar-refractivity contribution in [3.8, 4) is 11.5 Å². The molecular weight excluding hydrogens is 383 g/mol. The Balaban J connectivity index is 2.45. The third-order valence-electron chi connectivity index (χ3n) is 3.12. The van der Waals surface area contributed by atoms with Crippen LogP contribution in [0.5, 0.6) is 11.5 Å². The molecule has 21 heavy (non-hydrogen) atoms. The summed E-state index contributed by atoms with van der Waals surface area (Å²) in [7, 11) is 0. The molecule has 1 aromatic heterocycles. The first-order valence-electron chi connectivity index (χ1n) is 6.39. The fourth-order valence-corrected chi connectivity index (χ4v) is 2.29. The van der Waals surface area contributed by atoms with Crippen LogP contribution in [0.25, 0.3) is 0 Å². The molecule has 0 aliphatic heterocycles. The molecule has 0 bridgehead atoms. The molecule has 7 heteroatoms. The van der Waals surface area contributed by atoms with Crippen LogP contribution in [0.2, 0.25) is 0 Å². The van der Waals surface area contributed by atoms with Crippen LogP contribution in [0, 0.1) is 10.5 Å². The molecule has 0 saturated carbocycles. The van der Waals surface area contributed by atoms with Gasteiger partial charge in [0.2, 0.25) is 5.95 Å². The van der Waals surface area contributed by atoms with Gasteiger partial charge in [-0.1, -0.05) is 13.0 Å². The highest BCUT2D eigenvalue weighted by Gasteiger charge is 2.15. The van der Waals surface area contributed by atoms with Crippen molar-refractivity contribution in [1.82, 2.24) is 9.97 Å². The number of aliphatic hydroxyl groups excluding tert-OH is 1. The van der Waals surface area contributed by atoms with Gasteiger partial charge >= 0.3 is 0 Å². The fourth-order valence-electron chi connectivity index (χ4n) is 1.85. The SMILES string of the molecule is Cc1cc(C(C)CO)c(Oc2cnc(N)nc2N)cc1I. The topological polar surface area (TPSA) is 107 Å². The van der Waals surface area contributed by atoms with Gasteiger partial charge in [0, 0.05) is 21.7 Å². The lowest BCUT2D eigenvalue weighted by molar-refractivity contribution is 0.271. The van der Waals surface area contributed by atoms with Crippen LogP contribution in [0.4, 0.5) is 11.8 Å². The maximum absolute atomic E-state index is 9.41. The minimum absolute atomic E-state index is 0.0319. The molecule has 1 heterocycles. The van der Waals surface area contributed by atoms with Gasteiger partial charge in [-0.25, -0.2) is 4.98 Å². The van der Waals surface area contributed by atoms with Crippen LogP contribution in [0.3, 0.4) is 0 Å². The second kappa shape index (κ2) is 6.44. The second-order valence-corrected chi connectivity index (χ2v) is 5.96. The Hall–Kier alpha value is -1.61. The Morgan fingerprint density at radius 2 is 2.05 bits per heavy atom. The van der Waals surface area contributed by atoms with Crippen LogP contribution in [-0.4, -0.2) is 21.7 Å². The Kier molecular flexibility index (Phi) is 4.84. The number of ether oxygens (including phenoxy) is 1. The Bertz CT molecular complexity index is 664. The monoisotopic (exact) mass is 400 g/mol. The molecule has 1 atom stereocenters. The summed E-state index contributed by atoms with van der Waals surface area (Å²) in [4.78, 5) is 7.75. The summed E-state index contributed by atoms with van der Waals surface area (Å²) in [5.41, 5.74) is 13.3. The number of aromatic nitrogens is 2. The van der Waals surface area contributed by atoms with E-state index in [1.807, 2.05) is 26.0 Å². The highest BCUT2D eigenvalue weighted by molar-refractivity contribution is 14.1. The average Bonchev–Trinajstić information content (AvgIpc) is 2.44. The molecule has 0 fully saturated rings. The van der Waals surface area contributed by atoms with E-state index in [4.69, 9.17) is 16.2 Å². The Morgan fingerprint density at radius 3 is 2.67 bits per heavy atom. The Labute approximate surface area is 136 Å². The van der Waals surface area contributed by atoms with Crippen molar-refractivity contribution >= 4 is 34.4 Å². The van der Waals surface area contributed by atoms with Crippen molar-refractivity contribution in [1.29, 1.82) is 0 Å². The predicted molar refractivity (Wildman–Crippen MR) is 90.3 cm³/mol. The number of hydrogen-bond donors (Lipinski definition) is 3. The lowest BCUT2D eigenvalue weighted by atomic mass is 9.99. The fraction of sp³-hybridized carbons (Fsp3) is 0.286. The van der Waals surface area contributed by atoms with E-state index in [1.54, 1.807) is 0 Å². The van der Waals surface area contributed by atoms with Gasteiger partial charge in [-0.3, -0.25) is 0 Å². The van der Waals surface area contributed by atoms with Gasteiger partial charge in [0.15, 0.2) is 11.6 Å². The van der Waals surface area contributed by atoms with E-state index in [9.17, 15) is 5.11 Å². The summed E-state index contributed by atoms with van der Waals surface area (Å²) in [6.07, 6.45) is 1.44. The molecule has 0 aliphatic rings. The Morgan fingerprint density at radius 1 is 1.33 bits per heavy atom. The first kappa shape index (κ1) is 15.8. The number of hydrogen-bond acceptors (Lipinski definition) is 6. The van der Waals surface area contributed by atoms with E-state index in [-0.39, 0.29) is 24.3 Å². The number of nitrogens with two attached hydrogens (primary N) is 2. The van der Waals surface area contributed by atoms with Crippen molar-refractivity contribution in [3.05, 3.63) is 33.0 Å². The summed E-state index contributed by atoms with van der Waals surface area (Å²) < 4.78 is 6.89. The summed E-state index contributed by atoms with van der Waals surface area (Å²) >= 11 is 2.23. The molecule has 6 nitrogen and oxygen atoms in total. The summed E-state index contributed by atoms with van der Waals surface area (Å²) in [6, 6.07) is 3.92. The summed E-state index contributed by atoms with van der Waals surface area (Å²) in [5.74, 6) is 1.21. The van der Waals surface area contributed by atoms with Gasteiger partial charge < -0.3 is 21.3 Å². The van der Waals surface area contributed by atoms with Gasteiger partial charge in [-0.2, -0.15) is 4.98 Å². The van der Waals surface area contributed by atoms with Crippen LogP contribution < -0.4 is 16.2 Å². The van der Waals surface area contributed by atoms with Crippen molar-refractivity contribution in [2.45, 2.75) is 19.8 Å². The van der Waals surface area contributed by atoms with E-state index < -0.39 is 0 Å². The van der Waals surface area contributed by atoms with Crippen LogP contribution >= 0.6 is 22.6 Å². The standard InChI is InChI=1S/C14H17IN4O2/c1-7-3-9(8(2)6-20)11(4-10(7)15)21-12-5-18-14(17)19-13(12)16/h3-5,8,20H,6H2,1-2H3,(H4,16,17,18,19). The first-order valence-corrected chi connectivity index (χ1v) is 7.47. The largest absolute Gasteiger partial charge is 0.452 e. The maximum atomic E-state index is 9.41. The highest BCUT2D eigenvalue weighted by atomic mass is 127. The van der Waals surface area contributed by atoms with Crippen molar-refractivity contribution in [3.63, 3.8) is 0 Å². The van der Waals surface area contributed by atoms with Gasteiger partial charge in [0.05, 0.1) is 6.20 Å². The molecule has 2 rings (SSSR count). The number of aliphatic hydroxyl groups is 1. The third kappa shape index (κ3) is 3.53. The lowest BCUT2D eigenvalue weighted by Crippen LogP contribution is -2.05. The number of halogens is 1. The molecule has 2 aromatic rings. The van der Waals surface area contributed by atoms with E-state index in [0.29, 0.717) is 11.5 Å². The highest BCUT2D eigenvalue weighted by Crippen LogP contribution is 2.35. The van der Waals surface area contributed by atoms with Gasteiger partial charge in [-0.05, 0) is 41.1 Å². The van der Waals surface area contributed by atoms with Crippen molar-refractivity contribution in [2.24, 2.45) is 0 Å². The van der Waals surface area contributed by atoms with Gasteiger partial charge in [-0.15, -0.1) is 0 Å². The zero-order valence-corrected chi connectivity index (χ0v) is 14.0. The smallest absolute Gasteiger partial charge is 0.222 e.